The predicted octanol–water partition coefficient (Wildman–Crippen LogP) is 2.55. The van der Waals surface area contributed by atoms with Gasteiger partial charge in [0.15, 0.2) is 4.77 Å². The summed E-state index contributed by atoms with van der Waals surface area (Å²) in [6.45, 7) is 3.92. The summed E-state index contributed by atoms with van der Waals surface area (Å²) < 4.78 is 1.40. The van der Waals surface area contributed by atoms with Crippen LogP contribution in [-0.4, -0.2) is 26.8 Å². The van der Waals surface area contributed by atoms with E-state index < -0.39 is 5.56 Å². The molecule has 0 bridgehead atoms. The molecule has 1 heterocycles. The van der Waals surface area contributed by atoms with Gasteiger partial charge in [0, 0.05) is 6.42 Å². The van der Waals surface area contributed by atoms with Crippen molar-refractivity contribution in [2.24, 2.45) is 5.10 Å². The van der Waals surface area contributed by atoms with E-state index in [1.165, 1.54) is 4.57 Å². The van der Waals surface area contributed by atoms with Crippen molar-refractivity contribution >= 4 is 24.3 Å². The van der Waals surface area contributed by atoms with Gasteiger partial charge in [0.1, 0.15) is 5.56 Å². The first-order chi connectivity index (χ1) is 11.9. The second-order valence-corrected chi connectivity index (χ2v) is 5.95. The maximum Gasteiger partial charge on any atom is 0.264 e. The van der Waals surface area contributed by atoms with Crippen LogP contribution in [0.5, 0.6) is 5.88 Å². The summed E-state index contributed by atoms with van der Waals surface area (Å²) in [5.41, 5.74) is 3.31. The van der Waals surface area contributed by atoms with E-state index in [9.17, 15) is 14.7 Å². The third-order valence-corrected chi connectivity index (χ3v) is 3.84. The minimum atomic E-state index is -0.586. The molecule has 1 aromatic carbocycles. The van der Waals surface area contributed by atoms with Crippen LogP contribution in [0.25, 0.3) is 5.69 Å². The van der Waals surface area contributed by atoms with Gasteiger partial charge in [0.2, 0.25) is 11.8 Å². The molecule has 0 radical (unpaired) electrons. The molecule has 0 aliphatic rings. The number of aryl methyl sites for hydroxylation is 1. The standard InChI is InChI=1S/C17H20N4O3S/c1-3-4-5-14(22)20-18-10-13-15(23)19-17(25)21(16(13)24)12-8-6-11(2)7-9-12/h6-10,24H,3-5H2,1-2H3,(H,20,22)(H,19,23,25)/b18-10+. The lowest BCUT2D eigenvalue weighted by atomic mass is 10.2. The maximum absolute atomic E-state index is 12.0. The van der Waals surface area contributed by atoms with Gasteiger partial charge in [-0.25, -0.2) is 5.43 Å². The Bertz CT molecular complexity index is 898. The molecule has 0 spiro atoms. The number of aromatic amines is 1. The van der Waals surface area contributed by atoms with E-state index in [2.05, 4.69) is 15.5 Å². The molecule has 0 unspecified atom stereocenters. The van der Waals surface area contributed by atoms with Gasteiger partial charge in [0.25, 0.3) is 5.56 Å². The smallest absolute Gasteiger partial charge is 0.264 e. The zero-order valence-electron chi connectivity index (χ0n) is 14.1. The van der Waals surface area contributed by atoms with Gasteiger partial charge in [-0.2, -0.15) is 5.10 Å². The minimum Gasteiger partial charge on any atom is -0.494 e. The lowest BCUT2D eigenvalue weighted by molar-refractivity contribution is -0.121. The van der Waals surface area contributed by atoms with Crippen LogP contribution in [0.1, 0.15) is 37.3 Å². The second kappa shape index (κ2) is 8.39. The summed E-state index contributed by atoms with van der Waals surface area (Å²) >= 11 is 5.14. The van der Waals surface area contributed by atoms with Gasteiger partial charge in [-0.15, -0.1) is 0 Å². The van der Waals surface area contributed by atoms with Gasteiger partial charge in [-0.05, 0) is 37.7 Å². The molecule has 0 atom stereocenters. The topological polar surface area (TPSA) is 99.5 Å². The fraction of sp³-hybridized carbons (Fsp3) is 0.294. The predicted molar refractivity (Wildman–Crippen MR) is 98.9 cm³/mol. The average Bonchev–Trinajstić information content (AvgIpc) is 2.57. The van der Waals surface area contributed by atoms with Crippen molar-refractivity contribution in [1.82, 2.24) is 15.0 Å². The van der Waals surface area contributed by atoms with Crippen LogP contribution >= 0.6 is 12.2 Å². The van der Waals surface area contributed by atoms with Crippen molar-refractivity contribution in [2.75, 3.05) is 0 Å². The Morgan fingerprint density at radius 3 is 2.72 bits per heavy atom. The average molecular weight is 360 g/mol. The zero-order valence-corrected chi connectivity index (χ0v) is 14.9. The second-order valence-electron chi connectivity index (χ2n) is 5.56. The number of nitrogens with one attached hydrogen (secondary N) is 2. The number of nitrogens with zero attached hydrogens (tertiary/aromatic N) is 2. The molecular weight excluding hydrogens is 340 g/mol. The Hall–Kier alpha value is -2.74. The largest absolute Gasteiger partial charge is 0.494 e. The number of aromatic nitrogens is 2. The molecule has 0 saturated heterocycles. The number of hydrogen-bond donors (Lipinski definition) is 3. The molecule has 8 heteroatoms. The quantitative estimate of drug-likeness (QED) is 0.419. The van der Waals surface area contributed by atoms with E-state index in [0.29, 0.717) is 12.1 Å². The first kappa shape index (κ1) is 18.6. The number of benzene rings is 1. The Kier molecular flexibility index (Phi) is 6.24. The molecular formula is C17H20N4O3S. The van der Waals surface area contributed by atoms with E-state index in [4.69, 9.17) is 12.2 Å². The molecule has 2 rings (SSSR count). The highest BCUT2D eigenvalue weighted by molar-refractivity contribution is 7.71. The number of carbonyl (C=O) groups excluding carboxylic acids is 1. The summed E-state index contributed by atoms with van der Waals surface area (Å²) in [5.74, 6) is -0.593. The molecule has 2 aromatic rings. The van der Waals surface area contributed by atoms with Gasteiger partial charge in [-0.3, -0.25) is 19.1 Å². The first-order valence-corrected chi connectivity index (χ1v) is 8.32. The van der Waals surface area contributed by atoms with Crippen molar-refractivity contribution in [3.05, 3.63) is 50.5 Å². The molecule has 0 aliphatic heterocycles. The third kappa shape index (κ3) is 4.63. The van der Waals surface area contributed by atoms with Crippen molar-refractivity contribution in [1.29, 1.82) is 0 Å². The van der Waals surface area contributed by atoms with Crippen molar-refractivity contribution in [3.8, 4) is 11.6 Å². The maximum atomic E-state index is 12.0. The zero-order chi connectivity index (χ0) is 18.4. The van der Waals surface area contributed by atoms with Crippen LogP contribution in [0.15, 0.2) is 34.2 Å². The van der Waals surface area contributed by atoms with Gasteiger partial charge < -0.3 is 5.11 Å². The van der Waals surface area contributed by atoms with Crippen LogP contribution in [0.3, 0.4) is 0 Å². The monoisotopic (exact) mass is 360 g/mol. The van der Waals surface area contributed by atoms with E-state index in [1.54, 1.807) is 12.1 Å². The fourth-order valence-corrected chi connectivity index (χ4v) is 2.43. The van der Waals surface area contributed by atoms with Crippen LogP contribution in [0, 0.1) is 11.7 Å². The highest BCUT2D eigenvalue weighted by Crippen LogP contribution is 2.18. The minimum absolute atomic E-state index is 0.0653. The number of aromatic hydroxyl groups is 1. The Labute approximate surface area is 150 Å². The van der Waals surface area contributed by atoms with Crippen LogP contribution < -0.4 is 11.0 Å². The number of carbonyl (C=O) groups is 1. The molecule has 7 nitrogen and oxygen atoms in total. The highest BCUT2D eigenvalue weighted by Gasteiger charge is 2.12. The fourth-order valence-electron chi connectivity index (χ4n) is 2.15. The van der Waals surface area contributed by atoms with E-state index in [-0.39, 0.29) is 22.1 Å². The first-order valence-electron chi connectivity index (χ1n) is 7.91. The van der Waals surface area contributed by atoms with Crippen LogP contribution in [0.4, 0.5) is 0 Å². The highest BCUT2D eigenvalue weighted by atomic mass is 32.1. The van der Waals surface area contributed by atoms with Crippen LogP contribution in [0.2, 0.25) is 0 Å². The summed E-state index contributed by atoms with van der Waals surface area (Å²) in [6, 6.07) is 7.28. The molecule has 1 aromatic heterocycles. The number of hydrogen-bond acceptors (Lipinski definition) is 5. The number of rotatable bonds is 6. The van der Waals surface area contributed by atoms with E-state index >= 15 is 0 Å². The van der Waals surface area contributed by atoms with E-state index in [0.717, 1.165) is 24.6 Å². The molecule has 132 valence electrons. The lowest BCUT2D eigenvalue weighted by Crippen LogP contribution is -2.21. The summed E-state index contributed by atoms with van der Waals surface area (Å²) in [4.78, 5) is 26.1. The van der Waals surface area contributed by atoms with E-state index in [1.807, 2.05) is 26.0 Å². The van der Waals surface area contributed by atoms with Gasteiger partial charge in [-0.1, -0.05) is 31.0 Å². The Balaban J connectivity index is 2.35. The summed E-state index contributed by atoms with van der Waals surface area (Å²) in [5, 5.41) is 14.2. The Morgan fingerprint density at radius 2 is 2.08 bits per heavy atom. The van der Waals surface area contributed by atoms with Crippen LogP contribution in [-0.2, 0) is 4.79 Å². The number of amides is 1. The summed E-state index contributed by atoms with van der Waals surface area (Å²) in [6.07, 6.45) is 3.11. The summed E-state index contributed by atoms with van der Waals surface area (Å²) in [7, 11) is 0. The molecule has 0 aliphatic carbocycles. The SMILES string of the molecule is CCCCC(=O)N/N=C/c1c(O)n(-c2ccc(C)cc2)c(=S)[nH]c1=O. The molecule has 3 N–H and O–H groups in total. The number of unbranched alkanes of at least 4 members (excludes halogenated alkanes) is 1. The molecule has 25 heavy (non-hydrogen) atoms. The van der Waals surface area contributed by atoms with Gasteiger partial charge in [0.05, 0.1) is 11.9 Å². The van der Waals surface area contributed by atoms with Crippen molar-refractivity contribution < 1.29 is 9.90 Å². The van der Waals surface area contributed by atoms with Crippen molar-refractivity contribution in [3.63, 3.8) is 0 Å². The lowest BCUT2D eigenvalue weighted by Gasteiger charge is -2.11. The Morgan fingerprint density at radius 1 is 1.40 bits per heavy atom. The van der Waals surface area contributed by atoms with Gasteiger partial charge >= 0.3 is 0 Å². The molecule has 0 fully saturated rings. The number of H-pyrrole nitrogens is 1. The molecule has 1 amide bonds. The van der Waals surface area contributed by atoms with Crippen molar-refractivity contribution in [2.45, 2.75) is 33.1 Å². The normalized spacial score (nSPS) is 11.0. The number of hydrazone groups is 1. The third-order valence-electron chi connectivity index (χ3n) is 3.55. The molecule has 0 saturated carbocycles.